The van der Waals surface area contributed by atoms with Crippen molar-refractivity contribution in [2.75, 3.05) is 23.9 Å². The maximum absolute atomic E-state index is 11.8. The minimum atomic E-state index is -0.0820. The third kappa shape index (κ3) is 4.72. The smallest absolute Gasteiger partial charge is 0.227 e. The van der Waals surface area contributed by atoms with Crippen molar-refractivity contribution in [1.29, 1.82) is 0 Å². The molecule has 21 heavy (non-hydrogen) atoms. The van der Waals surface area contributed by atoms with Crippen molar-refractivity contribution in [3.63, 3.8) is 0 Å². The number of nitrogens with two attached hydrogens (primary N) is 1. The predicted octanol–water partition coefficient (Wildman–Crippen LogP) is 3.40. The molecule has 0 spiro atoms. The minimum Gasteiger partial charge on any atom is -0.492 e. The fraction of sp³-hybridized carbons (Fsp3) is 0.188. The summed E-state index contributed by atoms with van der Waals surface area (Å²) in [6.45, 7) is 0.346. The summed E-state index contributed by atoms with van der Waals surface area (Å²) in [5.74, 6) is 0.728. The van der Waals surface area contributed by atoms with Crippen molar-refractivity contribution in [3.05, 3.63) is 48.5 Å². The molecule has 0 unspecified atom stereocenters. The average molecular weight is 302 g/mol. The molecule has 0 aliphatic carbocycles. The average Bonchev–Trinajstić information content (AvgIpc) is 2.50. The molecule has 5 heteroatoms. The molecule has 2 aromatic carbocycles. The SMILES string of the molecule is CSc1ccccc1OCCC(=O)Nc1ccc(N)cc1. The first-order valence-corrected chi connectivity index (χ1v) is 7.82. The normalized spacial score (nSPS) is 10.1. The van der Waals surface area contributed by atoms with E-state index in [1.807, 2.05) is 30.5 Å². The first kappa shape index (κ1) is 15.3. The number of ether oxygens (including phenoxy) is 1. The van der Waals surface area contributed by atoms with Crippen LogP contribution in [-0.4, -0.2) is 18.8 Å². The lowest BCUT2D eigenvalue weighted by Crippen LogP contribution is -2.15. The zero-order valence-electron chi connectivity index (χ0n) is 11.8. The zero-order valence-corrected chi connectivity index (χ0v) is 12.7. The molecule has 0 atom stereocenters. The lowest BCUT2D eigenvalue weighted by atomic mass is 10.3. The number of benzene rings is 2. The number of anilines is 2. The Morgan fingerprint density at radius 2 is 1.90 bits per heavy atom. The van der Waals surface area contributed by atoms with Crippen molar-refractivity contribution >= 4 is 29.0 Å². The van der Waals surface area contributed by atoms with Crippen LogP contribution < -0.4 is 15.8 Å². The van der Waals surface area contributed by atoms with Crippen LogP contribution in [0.5, 0.6) is 5.75 Å². The molecular weight excluding hydrogens is 284 g/mol. The van der Waals surface area contributed by atoms with Crippen LogP contribution in [0.15, 0.2) is 53.4 Å². The molecule has 0 radical (unpaired) electrons. The number of thioether (sulfide) groups is 1. The van der Waals surface area contributed by atoms with E-state index in [1.165, 1.54) is 0 Å². The van der Waals surface area contributed by atoms with E-state index in [2.05, 4.69) is 5.32 Å². The van der Waals surface area contributed by atoms with Crippen LogP contribution in [0.1, 0.15) is 6.42 Å². The number of rotatable bonds is 6. The molecule has 3 N–H and O–H groups in total. The summed E-state index contributed by atoms with van der Waals surface area (Å²) in [5, 5.41) is 2.80. The topological polar surface area (TPSA) is 64.3 Å². The van der Waals surface area contributed by atoms with Gasteiger partial charge in [-0.15, -0.1) is 11.8 Å². The number of hydrogen-bond acceptors (Lipinski definition) is 4. The molecule has 0 heterocycles. The molecule has 0 fully saturated rings. The van der Waals surface area contributed by atoms with Gasteiger partial charge in [0, 0.05) is 16.3 Å². The monoisotopic (exact) mass is 302 g/mol. The second kappa shape index (κ2) is 7.59. The molecule has 2 rings (SSSR count). The third-order valence-corrected chi connectivity index (χ3v) is 3.63. The van der Waals surface area contributed by atoms with Gasteiger partial charge in [-0.2, -0.15) is 0 Å². The summed E-state index contributed by atoms with van der Waals surface area (Å²) in [6, 6.07) is 14.8. The molecule has 0 saturated heterocycles. The molecule has 0 bridgehead atoms. The van der Waals surface area contributed by atoms with E-state index in [1.54, 1.807) is 36.0 Å². The quantitative estimate of drug-likeness (QED) is 0.634. The highest BCUT2D eigenvalue weighted by Gasteiger charge is 2.05. The molecule has 4 nitrogen and oxygen atoms in total. The molecule has 0 saturated carbocycles. The predicted molar refractivity (Wildman–Crippen MR) is 87.8 cm³/mol. The Morgan fingerprint density at radius 3 is 2.62 bits per heavy atom. The van der Waals surface area contributed by atoms with Crippen LogP contribution >= 0.6 is 11.8 Å². The lowest BCUT2D eigenvalue weighted by molar-refractivity contribution is -0.116. The van der Waals surface area contributed by atoms with Crippen molar-refractivity contribution in [1.82, 2.24) is 0 Å². The Labute approximate surface area is 128 Å². The minimum absolute atomic E-state index is 0.0820. The summed E-state index contributed by atoms with van der Waals surface area (Å²) >= 11 is 1.62. The van der Waals surface area contributed by atoms with Gasteiger partial charge in [0.05, 0.1) is 13.0 Å². The van der Waals surface area contributed by atoms with Crippen LogP contribution in [0, 0.1) is 0 Å². The van der Waals surface area contributed by atoms with Crippen molar-refractivity contribution in [2.45, 2.75) is 11.3 Å². The van der Waals surface area contributed by atoms with E-state index < -0.39 is 0 Å². The number of carbonyl (C=O) groups excluding carboxylic acids is 1. The Hall–Kier alpha value is -2.14. The van der Waals surface area contributed by atoms with Crippen LogP contribution in [0.3, 0.4) is 0 Å². The van der Waals surface area contributed by atoms with Gasteiger partial charge in [0.1, 0.15) is 5.75 Å². The Balaban J connectivity index is 1.80. The standard InChI is InChI=1S/C16H18N2O2S/c1-21-15-5-3-2-4-14(15)20-11-10-16(19)18-13-8-6-12(17)7-9-13/h2-9H,10-11,17H2,1H3,(H,18,19). The maximum atomic E-state index is 11.8. The fourth-order valence-corrected chi connectivity index (χ4v) is 2.32. The molecule has 0 aromatic heterocycles. The van der Waals surface area contributed by atoms with E-state index >= 15 is 0 Å². The van der Waals surface area contributed by atoms with Crippen LogP contribution in [0.25, 0.3) is 0 Å². The van der Waals surface area contributed by atoms with Crippen LogP contribution in [0.4, 0.5) is 11.4 Å². The van der Waals surface area contributed by atoms with Gasteiger partial charge in [-0.3, -0.25) is 4.79 Å². The first-order valence-electron chi connectivity index (χ1n) is 6.60. The van der Waals surface area contributed by atoms with Gasteiger partial charge in [-0.05, 0) is 42.7 Å². The van der Waals surface area contributed by atoms with Crippen LogP contribution in [0.2, 0.25) is 0 Å². The molecule has 2 aromatic rings. The van der Waals surface area contributed by atoms with E-state index in [0.29, 0.717) is 18.7 Å². The number of para-hydroxylation sites is 1. The van der Waals surface area contributed by atoms with E-state index in [4.69, 9.17) is 10.5 Å². The van der Waals surface area contributed by atoms with Gasteiger partial charge in [-0.25, -0.2) is 0 Å². The Bertz CT molecular complexity index is 599. The number of nitrogens with one attached hydrogen (secondary N) is 1. The summed E-state index contributed by atoms with van der Waals surface area (Å²) in [4.78, 5) is 12.9. The van der Waals surface area contributed by atoms with Crippen molar-refractivity contribution in [3.8, 4) is 5.75 Å². The lowest BCUT2D eigenvalue weighted by Gasteiger charge is -2.10. The summed E-state index contributed by atoms with van der Waals surface area (Å²) in [5.41, 5.74) is 7.00. The molecule has 110 valence electrons. The van der Waals surface area contributed by atoms with E-state index in [0.717, 1.165) is 16.3 Å². The van der Waals surface area contributed by atoms with E-state index in [-0.39, 0.29) is 5.91 Å². The zero-order chi connectivity index (χ0) is 15.1. The van der Waals surface area contributed by atoms with Gasteiger partial charge in [0.2, 0.25) is 5.91 Å². The van der Waals surface area contributed by atoms with Gasteiger partial charge in [0.15, 0.2) is 0 Å². The van der Waals surface area contributed by atoms with Gasteiger partial charge in [-0.1, -0.05) is 12.1 Å². The Morgan fingerprint density at radius 1 is 1.19 bits per heavy atom. The van der Waals surface area contributed by atoms with E-state index in [9.17, 15) is 4.79 Å². The Kier molecular flexibility index (Phi) is 5.51. The van der Waals surface area contributed by atoms with Crippen molar-refractivity contribution < 1.29 is 9.53 Å². The molecule has 0 aliphatic rings. The summed E-state index contributed by atoms with van der Waals surface area (Å²) < 4.78 is 5.65. The highest BCUT2D eigenvalue weighted by molar-refractivity contribution is 7.98. The second-order valence-corrected chi connectivity index (χ2v) is 5.27. The van der Waals surface area contributed by atoms with Crippen molar-refractivity contribution in [2.24, 2.45) is 0 Å². The molecule has 0 aliphatic heterocycles. The fourth-order valence-electron chi connectivity index (χ4n) is 1.78. The number of nitrogen functional groups attached to an aromatic ring is 1. The largest absolute Gasteiger partial charge is 0.492 e. The second-order valence-electron chi connectivity index (χ2n) is 4.42. The highest BCUT2D eigenvalue weighted by atomic mass is 32.2. The van der Waals surface area contributed by atoms with Gasteiger partial charge in [0.25, 0.3) is 0 Å². The molecular formula is C16H18N2O2S. The molecule has 1 amide bonds. The number of hydrogen-bond donors (Lipinski definition) is 2. The first-order chi connectivity index (χ1) is 10.2. The number of amides is 1. The third-order valence-electron chi connectivity index (χ3n) is 2.85. The number of carbonyl (C=O) groups is 1. The van der Waals surface area contributed by atoms with Gasteiger partial charge >= 0.3 is 0 Å². The summed E-state index contributed by atoms with van der Waals surface area (Å²) in [6.07, 6.45) is 2.29. The van der Waals surface area contributed by atoms with Crippen LogP contribution in [-0.2, 0) is 4.79 Å². The van der Waals surface area contributed by atoms with Gasteiger partial charge < -0.3 is 15.8 Å². The highest BCUT2D eigenvalue weighted by Crippen LogP contribution is 2.26. The summed E-state index contributed by atoms with van der Waals surface area (Å²) in [7, 11) is 0. The maximum Gasteiger partial charge on any atom is 0.227 e.